The molecule has 148 valence electrons. The number of hydrogen-bond acceptors (Lipinski definition) is 4. The number of aromatic amines is 1. The number of pyridine rings is 1. The summed E-state index contributed by atoms with van der Waals surface area (Å²) in [7, 11) is -3.24. The molecule has 4 rings (SSSR count). The summed E-state index contributed by atoms with van der Waals surface area (Å²) in [6.45, 7) is 3.99. The lowest BCUT2D eigenvalue weighted by atomic mass is 10.1. The van der Waals surface area contributed by atoms with Crippen LogP contribution in [-0.4, -0.2) is 29.2 Å². The molecule has 2 aromatic heterocycles. The molecule has 1 N–H and O–H groups in total. The van der Waals surface area contributed by atoms with Gasteiger partial charge in [-0.3, -0.25) is 4.79 Å². The fraction of sp³-hybridized carbons (Fsp3) is 0.182. The second-order valence-electron chi connectivity index (χ2n) is 7.28. The summed E-state index contributed by atoms with van der Waals surface area (Å²) in [5, 5.41) is 0.944. The standard InChI is InChI=1S/C22H21N3O3S/c1-14-4-9-20-17(12-14)13-19(22(26)24-20)21-23-10-11-25(21)15(2)16-5-7-18(8-6-16)29(3,27)28/h4-13,15H,1-3H3,(H,24,26). The number of nitrogens with zero attached hydrogens (tertiary/aromatic N) is 2. The number of rotatable bonds is 4. The zero-order valence-electron chi connectivity index (χ0n) is 16.4. The molecule has 0 spiro atoms. The van der Waals surface area contributed by atoms with Crippen LogP contribution < -0.4 is 5.56 Å². The molecule has 2 heterocycles. The molecule has 0 bridgehead atoms. The number of benzene rings is 2. The van der Waals surface area contributed by atoms with Crippen LogP contribution in [0.4, 0.5) is 0 Å². The number of nitrogens with one attached hydrogen (secondary N) is 1. The van der Waals surface area contributed by atoms with E-state index in [-0.39, 0.29) is 16.5 Å². The van der Waals surface area contributed by atoms with E-state index in [1.807, 2.05) is 48.9 Å². The van der Waals surface area contributed by atoms with Gasteiger partial charge in [-0.15, -0.1) is 0 Å². The topological polar surface area (TPSA) is 84.8 Å². The van der Waals surface area contributed by atoms with Gasteiger partial charge in [0, 0.05) is 24.2 Å². The Morgan fingerprint density at radius 2 is 1.79 bits per heavy atom. The molecule has 0 saturated carbocycles. The molecular weight excluding hydrogens is 386 g/mol. The third-order valence-corrected chi connectivity index (χ3v) is 6.25. The van der Waals surface area contributed by atoms with E-state index in [1.165, 1.54) is 6.26 Å². The zero-order chi connectivity index (χ0) is 20.8. The number of aryl methyl sites for hydroxylation is 1. The fourth-order valence-electron chi connectivity index (χ4n) is 3.48. The van der Waals surface area contributed by atoms with Crippen LogP contribution in [0.15, 0.2) is 70.6 Å². The summed E-state index contributed by atoms with van der Waals surface area (Å²) >= 11 is 0. The largest absolute Gasteiger partial charge is 0.324 e. The van der Waals surface area contributed by atoms with E-state index < -0.39 is 9.84 Å². The molecule has 1 atom stereocenters. The van der Waals surface area contributed by atoms with Crippen LogP contribution >= 0.6 is 0 Å². The Kier molecular flexibility index (Phi) is 4.62. The average Bonchev–Trinajstić information content (AvgIpc) is 3.16. The van der Waals surface area contributed by atoms with Gasteiger partial charge >= 0.3 is 0 Å². The highest BCUT2D eigenvalue weighted by Crippen LogP contribution is 2.26. The van der Waals surface area contributed by atoms with Crippen molar-refractivity contribution in [2.45, 2.75) is 24.8 Å². The molecular formula is C22H21N3O3S. The van der Waals surface area contributed by atoms with E-state index in [2.05, 4.69) is 9.97 Å². The molecule has 6 nitrogen and oxygen atoms in total. The van der Waals surface area contributed by atoms with Gasteiger partial charge in [0.25, 0.3) is 5.56 Å². The Labute approximate surface area is 168 Å². The Morgan fingerprint density at radius 3 is 2.48 bits per heavy atom. The molecule has 0 aliphatic carbocycles. The normalized spacial score (nSPS) is 12.9. The minimum Gasteiger partial charge on any atom is -0.324 e. The molecule has 4 aromatic rings. The first-order valence-corrected chi connectivity index (χ1v) is 11.1. The van der Waals surface area contributed by atoms with E-state index in [1.54, 1.807) is 30.5 Å². The van der Waals surface area contributed by atoms with Crippen molar-refractivity contribution in [3.8, 4) is 11.4 Å². The summed E-state index contributed by atoms with van der Waals surface area (Å²) in [6.07, 6.45) is 4.67. The van der Waals surface area contributed by atoms with Gasteiger partial charge in [-0.2, -0.15) is 0 Å². The van der Waals surface area contributed by atoms with Crippen LogP contribution in [0.25, 0.3) is 22.3 Å². The molecule has 2 aromatic carbocycles. The monoisotopic (exact) mass is 407 g/mol. The van der Waals surface area contributed by atoms with Crippen LogP contribution in [0.3, 0.4) is 0 Å². The number of H-pyrrole nitrogens is 1. The molecule has 0 aliphatic heterocycles. The molecule has 7 heteroatoms. The molecule has 29 heavy (non-hydrogen) atoms. The second kappa shape index (κ2) is 7.00. The maximum absolute atomic E-state index is 12.7. The number of sulfone groups is 1. The van der Waals surface area contributed by atoms with E-state index >= 15 is 0 Å². The van der Waals surface area contributed by atoms with Crippen molar-refractivity contribution in [1.82, 2.24) is 14.5 Å². The lowest BCUT2D eigenvalue weighted by Crippen LogP contribution is -2.14. The van der Waals surface area contributed by atoms with E-state index in [0.29, 0.717) is 11.4 Å². The lowest BCUT2D eigenvalue weighted by Gasteiger charge is -2.17. The molecule has 0 amide bonds. The number of aromatic nitrogens is 3. The minimum atomic E-state index is -3.24. The van der Waals surface area contributed by atoms with Gasteiger partial charge in [0.15, 0.2) is 9.84 Å². The Morgan fingerprint density at radius 1 is 1.07 bits per heavy atom. The fourth-order valence-corrected chi connectivity index (χ4v) is 4.11. The predicted molar refractivity (Wildman–Crippen MR) is 114 cm³/mol. The first-order valence-electron chi connectivity index (χ1n) is 9.21. The summed E-state index contributed by atoms with van der Waals surface area (Å²) < 4.78 is 25.3. The third-order valence-electron chi connectivity index (χ3n) is 5.12. The predicted octanol–water partition coefficient (Wildman–Crippen LogP) is 3.71. The highest BCUT2D eigenvalue weighted by atomic mass is 32.2. The van der Waals surface area contributed by atoms with Gasteiger partial charge in [0.2, 0.25) is 0 Å². The van der Waals surface area contributed by atoms with Crippen LogP contribution in [-0.2, 0) is 9.84 Å². The van der Waals surface area contributed by atoms with Gasteiger partial charge < -0.3 is 9.55 Å². The van der Waals surface area contributed by atoms with Crippen molar-refractivity contribution < 1.29 is 8.42 Å². The van der Waals surface area contributed by atoms with Gasteiger partial charge in [0.1, 0.15) is 5.82 Å². The van der Waals surface area contributed by atoms with Crippen molar-refractivity contribution >= 4 is 20.7 Å². The SMILES string of the molecule is Cc1ccc2[nH]c(=O)c(-c3nccn3C(C)c3ccc(S(C)(=O)=O)cc3)cc2c1. The van der Waals surface area contributed by atoms with Gasteiger partial charge in [0.05, 0.1) is 16.5 Å². The van der Waals surface area contributed by atoms with Crippen LogP contribution in [0.2, 0.25) is 0 Å². The van der Waals surface area contributed by atoms with Crippen molar-refractivity contribution in [3.63, 3.8) is 0 Å². The summed E-state index contributed by atoms with van der Waals surface area (Å²) in [5.41, 5.74) is 3.11. The molecule has 1 unspecified atom stereocenters. The Bertz CT molecular complexity index is 1370. The smallest absolute Gasteiger partial charge is 0.259 e. The van der Waals surface area contributed by atoms with Gasteiger partial charge in [-0.1, -0.05) is 23.8 Å². The Hall–Kier alpha value is -3.19. The molecule has 0 aliphatic rings. The van der Waals surface area contributed by atoms with E-state index in [4.69, 9.17) is 0 Å². The van der Waals surface area contributed by atoms with E-state index in [9.17, 15) is 13.2 Å². The lowest BCUT2D eigenvalue weighted by molar-refractivity contribution is 0.601. The highest BCUT2D eigenvalue weighted by molar-refractivity contribution is 7.90. The quantitative estimate of drug-likeness (QED) is 0.559. The molecule has 0 saturated heterocycles. The number of imidazole rings is 1. The summed E-state index contributed by atoms with van der Waals surface area (Å²) in [6, 6.07) is 14.4. The second-order valence-corrected chi connectivity index (χ2v) is 9.29. The van der Waals surface area contributed by atoms with Crippen molar-refractivity contribution in [2.24, 2.45) is 0 Å². The number of hydrogen-bond donors (Lipinski definition) is 1. The Balaban J connectivity index is 1.78. The van der Waals surface area contributed by atoms with Gasteiger partial charge in [-0.25, -0.2) is 13.4 Å². The molecule has 0 radical (unpaired) electrons. The maximum atomic E-state index is 12.7. The summed E-state index contributed by atoms with van der Waals surface area (Å²) in [5.74, 6) is 0.564. The number of fused-ring (bicyclic) bond motifs is 1. The maximum Gasteiger partial charge on any atom is 0.259 e. The average molecular weight is 407 g/mol. The van der Waals surface area contributed by atoms with Crippen molar-refractivity contribution in [3.05, 3.63) is 82.4 Å². The minimum absolute atomic E-state index is 0.131. The first-order chi connectivity index (χ1) is 13.7. The molecule has 0 fully saturated rings. The summed E-state index contributed by atoms with van der Waals surface area (Å²) in [4.78, 5) is 20.3. The van der Waals surface area contributed by atoms with Crippen molar-refractivity contribution in [2.75, 3.05) is 6.26 Å². The van der Waals surface area contributed by atoms with Crippen LogP contribution in [0.1, 0.15) is 24.1 Å². The first kappa shape index (κ1) is 19.1. The van der Waals surface area contributed by atoms with E-state index in [0.717, 1.165) is 22.0 Å². The van der Waals surface area contributed by atoms with Crippen molar-refractivity contribution in [1.29, 1.82) is 0 Å². The highest BCUT2D eigenvalue weighted by Gasteiger charge is 2.17. The van der Waals surface area contributed by atoms with Gasteiger partial charge in [-0.05, 0) is 55.1 Å². The zero-order valence-corrected chi connectivity index (χ0v) is 17.2. The third kappa shape index (κ3) is 3.61. The van der Waals surface area contributed by atoms with Crippen LogP contribution in [0.5, 0.6) is 0 Å². The van der Waals surface area contributed by atoms with Crippen LogP contribution in [0, 0.1) is 6.92 Å².